The van der Waals surface area contributed by atoms with Crippen LogP contribution in [0.2, 0.25) is 0 Å². The summed E-state index contributed by atoms with van der Waals surface area (Å²) < 4.78 is 5.19. The van der Waals surface area contributed by atoms with Gasteiger partial charge in [-0.05, 0) is 47.2 Å². The van der Waals surface area contributed by atoms with Crippen molar-refractivity contribution in [2.75, 3.05) is 7.11 Å². The summed E-state index contributed by atoms with van der Waals surface area (Å²) >= 11 is 1.55. The van der Waals surface area contributed by atoms with Crippen LogP contribution in [-0.2, 0) is 17.9 Å². The Morgan fingerprint density at radius 1 is 1.31 bits per heavy atom. The summed E-state index contributed by atoms with van der Waals surface area (Å²) in [5.41, 5.74) is 1.08. The first-order chi connectivity index (χ1) is 12.7. The van der Waals surface area contributed by atoms with Crippen LogP contribution in [-0.4, -0.2) is 44.2 Å². The highest BCUT2D eigenvalue weighted by Crippen LogP contribution is 2.29. The van der Waals surface area contributed by atoms with Gasteiger partial charge in [0.1, 0.15) is 12.3 Å². The third-order valence-corrected chi connectivity index (χ3v) is 5.16. The first-order valence-electron chi connectivity index (χ1n) is 8.47. The molecule has 0 spiro atoms. The van der Waals surface area contributed by atoms with Gasteiger partial charge in [0.25, 0.3) is 0 Å². The third kappa shape index (κ3) is 3.75. The van der Waals surface area contributed by atoms with E-state index in [4.69, 9.17) is 4.74 Å². The number of ether oxygens (including phenoxy) is 1. The second kappa shape index (κ2) is 7.25. The van der Waals surface area contributed by atoms with Gasteiger partial charge in [0.2, 0.25) is 11.7 Å². The lowest BCUT2D eigenvalue weighted by atomic mass is 10.2. The molecule has 2 heterocycles. The second-order valence-electron chi connectivity index (χ2n) is 6.22. The predicted octanol–water partition coefficient (Wildman–Crippen LogP) is 2.60. The standard InChI is InChI=1S/C18H19N5O2S/c1-25-15-8-4-13(5-9-15)11-22(14-6-7-14)17(24)12-23-20-18(19-21-23)16-3-2-10-26-16/h2-5,8-10,14H,6-7,11-12H2,1H3. The molecule has 3 aromatic rings. The average Bonchev–Trinajstić information content (AvgIpc) is 3.15. The summed E-state index contributed by atoms with van der Waals surface area (Å²) in [7, 11) is 1.64. The van der Waals surface area contributed by atoms with Crippen LogP contribution < -0.4 is 4.74 Å². The lowest BCUT2D eigenvalue weighted by Crippen LogP contribution is -2.35. The Balaban J connectivity index is 1.44. The maximum absolute atomic E-state index is 12.8. The van der Waals surface area contributed by atoms with E-state index < -0.39 is 0 Å². The number of carbonyl (C=O) groups excluding carboxylic acids is 1. The van der Waals surface area contributed by atoms with Crippen LogP contribution >= 0.6 is 11.3 Å². The number of nitrogens with zero attached hydrogens (tertiary/aromatic N) is 5. The minimum atomic E-state index is 0.0125. The highest BCUT2D eigenvalue weighted by molar-refractivity contribution is 7.13. The number of aromatic nitrogens is 4. The van der Waals surface area contributed by atoms with Crippen molar-refractivity contribution in [1.29, 1.82) is 0 Å². The number of amides is 1. The Morgan fingerprint density at radius 2 is 2.12 bits per heavy atom. The fourth-order valence-electron chi connectivity index (χ4n) is 2.76. The molecule has 1 aliphatic carbocycles. The molecule has 1 aromatic carbocycles. The number of tetrazole rings is 1. The van der Waals surface area contributed by atoms with Gasteiger partial charge in [-0.2, -0.15) is 4.80 Å². The van der Waals surface area contributed by atoms with Crippen molar-refractivity contribution < 1.29 is 9.53 Å². The zero-order chi connectivity index (χ0) is 17.9. The van der Waals surface area contributed by atoms with Crippen LogP contribution in [0, 0.1) is 0 Å². The zero-order valence-corrected chi connectivity index (χ0v) is 15.2. The summed E-state index contributed by atoms with van der Waals surface area (Å²) in [6.45, 7) is 0.686. The van der Waals surface area contributed by atoms with Crippen molar-refractivity contribution in [3.05, 3.63) is 47.3 Å². The first kappa shape index (κ1) is 16.7. The monoisotopic (exact) mass is 369 g/mol. The molecule has 4 rings (SSSR count). The van der Waals surface area contributed by atoms with Gasteiger partial charge in [-0.25, -0.2) is 0 Å². The number of benzene rings is 1. The van der Waals surface area contributed by atoms with Crippen molar-refractivity contribution in [1.82, 2.24) is 25.1 Å². The van der Waals surface area contributed by atoms with Crippen LogP contribution in [0.25, 0.3) is 10.7 Å². The summed E-state index contributed by atoms with van der Waals surface area (Å²) in [4.78, 5) is 17.0. The summed E-state index contributed by atoms with van der Waals surface area (Å²) in [5, 5.41) is 14.4. The Labute approximate surface area is 155 Å². The molecule has 7 nitrogen and oxygen atoms in total. The maximum atomic E-state index is 12.8. The molecular weight excluding hydrogens is 350 g/mol. The van der Waals surface area contributed by atoms with Crippen molar-refractivity contribution >= 4 is 17.2 Å². The molecule has 1 fully saturated rings. The third-order valence-electron chi connectivity index (χ3n) is 4.29. The van der Waals surface area contributed by atoms with Crippen LogP contribution in [0.1, 0.15) is 18.4 Å². The molecule has 1 amide bonds. The zero-order valence-electron chi connectivity index (χ0n) is 14.4. The molecular formula is C18H19N5O2S. The largest absolute Gasteiger partial charge is 0.497 e. The van der Waals surface area contributed by atoms with E-state index >= 15 is 0 Å². The Morgan fingerprint density at radius 3 is 2.77 bits per heavy atom. The van der Waals surface area contributed by atoms with Crippen LogP contribution in [0.15, 0.2) is 41.8 Å². The number of hydrogen-bond donors (Lipinski definition) is 0. The smallest absolute Gasteiger partial charge is 0.246 e. The second-order valence-corrected chi connectivity index (χ2v) is 7.17. The summed E-state index contributed by atoms with van der Waals surface area (Å²) in [6.07, 6.45) is 2.10. The van der Waals surface area contributed by atoms with Crippen LogP contribution in [0.5, 0.6) is 5.75 Å². The van der Waals surface area contributed by atoms with E-state index in [1.54, 1.807) is 18.4 Å². The van der Waals surface area contributed by atoms with Crippen LogP contribution in [0.3, 0.4) is 0 Å². The van der Waals surface area contributed by atoms with Crippen molar-refractivity contribution in [2.24, 2.45) is 0 Å². The van der Waals surface area contributed by atoms with E-state index in [0.717, 1.165) is 29.0 Å². The summed E-state index contributed by atoms with van der Waals surface area (Å²) in [5.74, 6) is 1.38. The van der Waals surface area contributed by atoms with Crippen molar-refractivity contribution in [2.45, 2.75) is 32.0 Å². The van der Waals surface area contributed by atoms with E-state index in [-0.39, 0.29) is 12.5 Å². The van der Waals surface area contributed by atoms with Crippen molar-refractivity contribution in [3.8, 4) is 16.5 Å². The molecule has 1 saturated carbocycles. The summed E-state index contributed by atoms with van der Waals surface area (Å²) in [6, 6.07) is 12.0. The quantitative estimate of drug-likeness (QED) is 0.640. The molecule has 1 aliphatic rings. The van der Waals surface area contributed by atoms with Crippen molar-refractivity contribution in [3.63, 3.8) is 0 Å². The van der Waals surface area contributed by atoms with Gasteiger partial charge in [0, 0.05) is 12.6 Å². The molecule has 0 aliphatic heterocycles. The molecule has 2 aromatic heterocycles. The molecule has 0 radical (unpaired) electrons. The first-order valence-corrected chi connectivity index (χ1v) is 9.35. The molecule has 0 atom stereocenters. The SMILES string of the molecule is COc1ccc(CN(C(=O)Cn2nnc(-c3cccs3)n2)C2CC2)cc1. The van der Waals surface area contributed by atoms with Gasteiger partial charge in [0.05, 0.1) is 12.0 Å². The topological polar surface area (TPSA) is 73.1 Å². The van der Waals surface area contributed by atoms with E-state index in [9.17, 15) is 4.79 Å². The van der Waals surface area contributed by atoms with E-state index in [0.29, 0.717) is 18.4 Å². The number of methoxy groups -OCH3 is 1. The fraction of sp³-hybridized carbons (Fsp3) is 0.333. The molecule has 26 heavy (non-hydrogen) atoms. The van der Waals surface area contributed by atoms with Gasteiger partial charge in [-0.1, -0.05) is 18.2 Å². The highest BCUT2D eigenvalue weighted by Gasteiger charge is 2.32. The van der Waals surface area contributed by atoms with Gasteiger partial charge < -0.3 is 9.64 Å². The molecule has 134 valence electrons. The molecule has 0 unspecified atom stereocenters. The predicted molar refractivity (Wildman–Crippen MR) is 97.7 cm³/mol. The highest BCUT2D eigenvalue weighted by atomic mass is 32.1. The molecule has 0 saturated heterocycles. The minimum Gasteiger partial charge on any atom is -0.497 e. The number of rotatable bonds is 7. The fourth-order valence-corrected chi connectivity index (χ4v) is 3.41. The van der Waals surface area contributed by atoms with Gasteiger partial charge in [-0.15, -0.1) is 21.5 Å². The van der Waals surface area contributed by atoms with Gasteiger partial charge >= 0.3 is 0 Å². The lowest BCUT2D eigenvalue weighted by Gasteiger charge is -2.22. The van der Waals surface area contributed by atoms with Crippen LogP contribution in [0.4, 0.5) is 0 Å². The Bertz CT molecular complexity index is 871. The minimum absolute atomic E-state index is 0.0125. The van der Waals surface area contributed by atoms with Gasteiger partial charge in [0.15, 0.2) is 0 Å². The van der Waals surface area contributed by atoms with Gasteiger partial charge in [-0.3, -0.25) is 4.79 Å². The molecule has 8 heteroatoms. The molecule has 0 bridgehead atoms. The lowest BCUT2D eigenvalue weighted by molar-refractivity contribution is -0.133. The van der Waals surface area contributed by atoms with E-state index in [2.05, 4.69) is 15.4 Å². The maximum Gasteiger partial charge on any atom is 0.246 e. The average molecular weight is 369 g/mol. The number of thiophene rings is 1. The normalized spacial score (nSPS) is 13.6. The van der Waals surface area contributed by atoms with E-state index in [1.165, 1.54) is 4.80 Å². The Hall–Kier alpha value is -2.74. The Kier molecular flexibility index (Phi) is 4.66. The van der Waals surface area contributed by atoms with E-state index in [1.807, 2.05) is 46.7 Å². The number of carbonyl (C=O) groups is 1. The number of hydrogen-bond acceptors (Lipinski definition) is 6. The molecule has 0 N–H and O–H groups in total.